The highest BCUT2D eigenvalue weighted by molar-refractivity contribution is 5.64. The largest absolute Gasteiger partial charge is 0.388 e. The lowest BCUT2D eigenvalue weighted by Crippen LogP contribution is -1.90. The maximum atomic E-state index is 8.97. The highest BCUT2D eigenvalue weighted by Crippen LogP contribution is 2.24. The third kappa shape index (κ3) is 1.86. The molecular weight excluding hydrogens is 200 g/mol. The number of nitrogens with zero attached hydrogens (tertiary/aromatic N) is 1. The monoisotopic (exact) mass is 216 g/mol. The van der Waals surface area contributed by atoms with Gasteiger partial charge in [0.15, 0.2) is 0 Å². The Morgan fingerprint density at radius 1 is 1.12 bits per heavy atom. The van der Waals surface area contributed by atoms with Gasteiger partial charge >= 0.3 is 0 Å². The van der Waals surface area contributed by atoms with Crippen molar-refractivity contribution in [2.45, 2.75) is 27.4 Å². The number of hydrogen-bond donors (Lipinski definition) is 2. The second kappa shape index (κ2) is 4.10. The van der Waals surface area contributed by atoms with Crippen LogP contribution in [0.1, 0.15) is 22.5 Å². The fraction of sp³-hybridized carbons (Fsp3) is 0.308. The Bertz CT molecular complexity index is 515. The zero-order chi connectivity index (χ0) is 11.7. The second-order valence-corrected chi connectivity index (χ2v) is 4.15. The fourth-order valence-electron chi connectivity index (χ4n) is 1.83. The number of aryl methyl sites for hydroxylation is 3. The first-order valence-electron chi connectivity index (χ1n) is 5.34. The molecule has 2 aromatic rings. The van der Waals surface area contributed by atoms with E-state index in [1.165, 1.54) is 16.7 Å². The lowest BCUT2D eigenvalue weighted by atomic mass is 9.99. The summed E-state index contributed by atoms with van der Waals surface area (Å²) >= 11 is 0. The van der Waals surface area contributed by atoms with Crippen LogP contribution in [0.15, 0.2) is 18.3 Å². The molecule has 3 nitrogen and oxygen atoms in total. The maximum absolute atomic E-state index is 8.97. The van der Waals surface area contributed by atoms with E-state index in [1.807, 2.05) is 0 Å². The van der Waals surface area contributed by atoms with Crippen LogP contribution in [0, 0.1) is 20.8 Å². The lowest BCUT2D eigenvalue weighted by molar-refractivity contribution is 0.272. The number of rotatable bonds is 2. The van der Waals surface area contributed by atoms with Gasteiger partial charge in [-0.3, -0.25) is 0 Å². The maximum Gasteiger partial charge on any atom is 0.132 e. The number of H-pyrrole nitrogens is 1. The summed E-state index contributed by atoms with van der Waals surface area (Å²) in [5.41, 5.74) is 5.89. The Kier molecular flexibility index (Phi) is 2.79. The van der Waals surface area contributed by atoms with Crippen LogP contribution in [0.5, 0.6) is 0 Å². The molecule has 0 aliphatic carbocycles. The highest BCUT2D eigenvalue weighted by Gasteiger charge is 2.07. The third-order valence-electron chi connectivity index (χ3n) is 2.91. The molecule has 0 amide bonds. The summed E-state index contributed by atoms with van der Waals surface area (Å²) < 4.78 is 0. The van der Waals surface area contributed by atoms with Crippen LogP contribution < -0.4 is 0 Å². The van der Waals surface area contributed by atoms with Crippen LogP contribution in [-0.4, -0.2) is 15.1 Å². The SMILES string of the molecule is Cc1cc(C)c(-c2cnc(CO)[nH]2)cc1C. The van der Waals surface area contributed by atoms with Gasteiger partial charge in [-0.15, -0.1) is 0 Å². The minimum absolute atomic E-state index is 0.0517. The number of imidazole rings is 1. The molecule has 2 N–H and O–H groups in total. The smallest absolute Gasteiger partial charge is 0.132 e. The average molecular weight is 216 g/mol. The molecule has 0 radical (unpaired) electrons. The molecule has 16 heavy (non-hydrogen) atoms. The van der Waals surface area contributed by atoms with E-state index in [2.05, 4.69) is 42.9 Å². The van der Waals surface area contributed by atoms with Crippen LogP contribution in [0.3, 0.4) is 0 Å². The summed E-state index contributed by atoms with van der Waals surface area (Å²) in [4.78, 5) is 7.20. The van der Waals surface area contributed by atoms with E-state index in [4.69, 9.17) is 5.11 Å². The van der Waals surface area contributed by atoms with Gasteiger partial charge < -0.3 is 10.1 Å². The highest BCUT2D eigenvalue weighted by atomic mass is 16.3. The normalized spacial score (nSPS) is 10.8. The Balaban J connectivity index is 2.51. The zero-order valence-corrected chi connectivity index (χ0v) is 9.83. The van der Waals surface area contributed by atoms with Crippen molar-refractivity contribution < 1.29 is 5.11 Å². The van der Waals surface area contributed by atoms with Crippen molar-refractivity contribution in [2.24, 2.45) is 0 Å². The summed E-state index contributed by atoms with van der Waals surface area (Å²) in [5.74, 6) is 0.604. The Labute approximate surface area is 95.2 Å². The van der Waals surface area contributed by atoms with Crippen molar-refractivity contribution >= 4 is 0 Å². The summed E-state index contributed by atoms with van der Waals surface area (Å²) in [7, 11) is 0. The van der Waals surface area contributed by atoms with E-state index < -0.39 is 0 Å². The molecule has 0 aliphatic heterocycles. The fourth-order valence-corrected chi connectivity index (χ4v) is 1.83. The van der Waals surface area contributed by atoms with Crippen LogP contribution in [-0.2, 0) is 6.61 Å². The average Bonchev–Trinajstić information content (AvgIpc) is 2.71. The van der Waals surface area contributed by atoms with Crippen molar-refractivity contribution in [3.63, 3.8) is 0 Å². The van der Waals surface area contributed by atoms with Crippen LogP contribution in [0.4, 0.5) is 0 Å². The topological polar surface area (TPSA) is 48.9 Å². The number of benzene rings is 1. The molecule has 0 bridgehead atoms. The van der Waals surface area contributed by atoms with Crippen LogP contribution in [0.2, 0.25) is 0 Å². The molecule has 1 aromatic heterocycles. The molecule has 84 valence electrons. The molecule has 0 aliphatic rings. The van der Waals surface area contributed by atoms with Gasteiger partial charge in [0.25, 0.3) is 0 Å². The van der Waals surface area contributed by atoms with Crippen molar-refractivity contribution in [1.29, 1.82) is 0 Å². The first-order chi connectivity index (χ1) is 7.61. The number of aromatic nitrogens is 2. The van der Waals surface area contributed by atoms with Crippen molar-refractivity contribution in [2.75, 3.05) is 0 Å². The Hall–Kier alpha value is -1.61. The van der Waals surface area contributed by atoms with Crippen molar-refractivity contribution in [3.8, 4) is 11.3 Å². The molecule has 0 spiro atoms. The molecule has 0 atom stereocenters. The van der Waals surface area contributed by atoms with Gasteiger partial charge in [-0.05, 0) is 43.5 Å². The summed E-state index contributed by atoms with van der Waals surface area (Å²) in [6.45, 7) is 6.24. The molecule has 3 heteroatoms. The number of aliphatic hydroxyl groups excluding tert-OH is 1. The lowest BCUT2D eigenvalue weighted by Gasteiger charge is -2.07. The molecule has 2 rings (SSSR count). The van der Waals surface area contributed by atoms with E-state index in [9.17, 15) is 0 Å². The molecule has 1 heterocycles. The van der Waals surface area contributed by atoms with E-state index >= 15 is 0 Å². The molecule has 0 saturated carbocycles. The minimum atomic E-state index is -0.0517. The quantitative estimate of drug-likeness (QED) is 0.810. The summed E-state index contributed by atoms with van der Waals surface area (Å²) in [5, 5.41) is 8.97. The number of nitrogens with one attached hydrogen (secondary N) is 1. The first kappa shape index (κ1) is 10.9. The van der Waals surface area contributed by atoms with E-state index in [0.29, 0.717) is 5.82 Å². The van der Waals surface area contributed by atoms with Gasteiger partial charge in [0.05, 0.1) is 11.9 Å². The predicted molar refractivity (Wildman–Crippen MR) is 64.2 cm³/mol. The van der Waals surface area contributed by atoms with Crippen molar-refractivity contribution in [1.82, 2.24) is 9.97 Å². The minimum Gasteiger partial charge on any atom is -0.388 e. The van der Waals surface area contributed by atoms with Gasteiger partial charge in [-0.25, -0.2) is 4.98 Å². The van der Waals surface area contributed by atoms with Gasteiger partial charge in [0, 0.05) is 5.56 Å². The van der Waals surface area contributed by atoms with E-state index in [1.54, 1.807) is 6.20 Å². The van der Waals surface area contributed by atoms with Crippen LogP contribution >= 0.6 is 0 Å². The van der Waals surface area contributed by atoms with E-state index in [0.717, 1.165) is 11.3 Å². The molecular formula is C13H16N2O. The number of aromatic amines is 1. The molecule has 0 fully saturated rings. The van der Waals surface area contributed by atoms with Crippen LogP contribution in [0.25, 0.3) is 11.3 Å². The second-order valence-electron chi connectivity index (χ2n) is 4.15. The summed E-state index contributed by atoms with van der Waals surface area (Å²) in [6.07, 6.45) is 1.77. The Morgan fingerprint density at radius 2 is 1.81 bits per heavy atom. The molecule has 0 saturated heterocycles. The zero-order valence-electron chi connectivity index (χ0n) is 9.83. The van der Waals surface area contributed by atoms with Gasteiger partial charge in [-0.1, -0.05) is 6.07 Å². The predicted octanol–water partition coefficient (Wildman–Crippen LogP) is 2.49. The van der Waals surface area contributed by atoms with Crippen molar-refractivity contribution in [3.05, 3.63) is 40.8 Å². The first-order valence-corrected chi connectivity index (χ1v) is 5.34. The van der Waals surface area contributed by atoms with Gasteiger partial charge in [0.2, 0.25) is 0 Å². The van der Waals surface area contributed by atoms with E-state index in [-0.39, 0.29) is 6.61 Å². The summed E-state index contributed by atoms with van der Waals surface area (Å²) in [6, 6.07) is 4.32. The standard InChI is InChI=1S/C13H16N2O/c1-8-4-10(3)11(5-9(8)2)12-6-14-13(7-16)15-12/h4-6,16H,7H2,1-3H3,(H,14,15). The van der Waals surface area contributed by atoms with Gasteiger partial charge in [-0.2, -0.15) is 0 Å². The number of aliphatic hydroxyl groups is 1. The molecule has 1 aromatic carbocycles. The number of hydrogen-bond acceptors (Lipinski definition) is 2. The Morgan fingerprint density at radius 3 is 2.44 bits per heavy atom. The van der Waals surface area contributed by atoms with Gasteiger partial charge in [0.1, 0.15) is 12.4 Å². The third-order valence-corrected chi connectivity index (χ3v) is 2.91. The molecule has 0 unspecified atom stereocenters.